The van der Waals surface area contributed by atoms with Crippen molar-refractivity contribution in [2.45, 2.75) is 51.5 Å². The summed E-state index contributed by atoms with van der Waals surface area (Å²) in [7, 11) is -3.66. The van der Waals surface area contributed by atoms with Crippen LogP contribution in [0.25, 0.3) is 0 Å². The van der Waals surface area contributed by atoms with Crippen molar-refractivity contribution in [3.8, 4) is 0 Å². The summed E-state index contributed by atoms with van der Waals surface area (Å²) < 4.78 is 60.6. The number of alkyl halides is 3. The second-order valence-corrected chi connectivity index (χ2v) is 9.31. The highest BCUT2D eigenvalue weighted by molar-refractivity contribution is 7.93. The number of carbonyl (C=O) groups is 1. The number of nitrogens with zero attached hydrogens (tertiary/aromatic N) is 1. The van der Waals surface area contributed by atoms with Crippen molar-refractivity contribution in [2.24, 2.45) is 5.92 Å². The zero-order valence-electron chi connectivity index (χ0n) is 14.1. The van der Waals surface area contributed by atoms with Gasteiger partial charge in [0.05, 0.1) is 17.7 Å². The molecule has 0 atom stereocenters. The minimum absolute atomic E-state index is 0.107. The lowest BCUT2D eigenvalue weighted by molar-refractivity contribution is -0.137. The number of ketones is 1. The zero-order chi connectivity index (χ0) is 18.8. The molecule has 0 amide bonds. The van der Waals surface area contributed by atoms with Crippen molar-refractivity contribution in [1.29, 1.82) is 0 Å². The molecule has 0 radical (unpaired) electrons. The van der Waals surface area contributed by atoms with Crippen molar-refractivity contribution in [3.05, 3.63) is 29.6 Å². The monoisotopic (exact) mass is 365 g/mol. The van der Waals surface area contributed by atoms with Gasteiger partial charge in [0, 0.05) is 11.9 Å². The van der Waals surface area contributed by atoms with Gasteiger partial charge in [0.2, 0.25) is 0 Å². The second kappa shape index (κ2) is 7.21. The quantitative estimate of drug-likeness (QED) is 0.742. The molecule has 0 N–H and O–H groups in total. The molecular weight excluding hydrogens is 343 g/mol. The van der Waals surface area contributed by atoms with Crippen LogP contribution in [0.15, 0.2) is 18.3 Å². The second-order valence-electron chi connectivity index (χ2n) is 6.65. The number of Topliss-reactive ketones (excluding diaryl/α,β-unsaturated/α-hetero) is 1. The molecule has 0 saturated heterocycles. The molecule has 1 aromatic heterocycles. The van der Waals surface area contributed by atoms with Gasteiger partial charge in [-0.2, -0.15) is 13.2 Å². The van der Waals surface area contributed by atoms with Crippen LogP contribution in [0.2, 0.25) is 0 Å². The summed E-state index contributed by atoms with van der Waals surface area (Å²) >= 11 is 0. The van der Waals surface area contributed by atoms with Gasteiger partial charge in [-0.3, -0.25) is 9.78 Å². The number of carbonyl (C=O) groups excluding carboxylic acids is 1. The average Bonchev–Trinajstić information content (AvgIpc) is 2.44. The molecule has 0 fully saturated rings. The van der Waals surface area contributed by atoms with E-state index in [4.69, 9.17) is 0 Å². The predicted molar refractivity (Wildman–Crippen MR) is 85.3 cm³/mol. The van der Waals surface area contributed by atoms with Gasteiger partial charge in [-0.15, -0.1) is 0 Å². The van der Waals surface area contributed by atoms with Crippen molar-refractivity contribution in [2.75, 3.05) is 5.75 Å². The molecule has 0 spiro atoms. The van der Waals surface area contributed by atoms with Crippen LogP contribution in [0.1, 0.15) is 45.4 Å². The van der Waals surface area contributed by atoms with Gasteiger partial charge in [-0.25, -0.2) is 8.42 Å². The van der Waals surface area contributed by atoms with Crippen LogP contribution in [-0.4, -0.2) is 29.7 Å². The lowest BCUT2D eigenvalue weighted by Gasteiger charge is -2.23. The molecule has 4 nitrogen and oxygen atoms in total. The Morgan fingerprint density at radius 3 is 2.21 bits per heavy atom. The van der Waals surface area contributed by atoms with Crippen LogP contribution in [0.4, 0.5) is 13.2 Å². The van der Waals surface area contributed by atoms with Gasteiger partial charge in [0.1, 0.15) is 4.75 Å². The molecule has 24 heavy (non-hydrogen) atoms. The maximum Gasteiger partial charge on any atom is 0.417 e. The Labute approximate surface area is 140 Å². The summed E-state index contributed by atoms with van der Waals surface area (Å²) in [4.78, 5) is 16.0. The molecule has 8 heteroatoms. The smallest absolute Gasteiger partial charge is 0.298 e. The SMILES string of the molecule is CC(C)CCS(=O)(=O)C(C)(C)C(=O)Cc1ccc(C(F)(F)F)cn1. The number of pyridine rings is 1. The van der Waals surface area contributed by atoms with Crippen molar-refractivity contribution >= 4 is 15.6 Å². The first-order valence-corrected chi connectivity index (χ1v) is 9.20. The van der Waals surface area contributed by atoms with Gasteiger partial charge in [0.15, 0.2) is 15.6 Å². The van der Waals surface area contributed by atoms with E-state index in [0.29, 0.717) is 12.6 Å². The van der Waals surface area contributed by atoms with E-state index in [2.05, 4.69) is 4.98 Å². The molecule has 1 heterocycles. The highest BCUT2D eigenvalue weighted by Crippen LogP contribution is 2.29. The van der Waals surface area contributed by atoms with Gasteiger partial charge < -0.3 is 0 Å². The summed E-state index contributed by atoms with van der Waals surface area (Å²) in [6.45, 7) is 6.43. The number of aromatic nitrogens is 1. The largest absolute Gasteiger partial charge is 0.417 e. The van der Waals surface area contributed by atoms with Crippen LogP contribution in [-0.2, 0) is 27.2 Å². The van der Waals surface area contributed by atoms with Crippen molar-refractivity contribution in [1.82, 2.24) is 4.98 Å². The molecule has 0 aliphatic rings. The van der Waals surface area contributed by atoms with Gasteiger partial charge in [0.25, 0.3) is 0 Å². The van der Waals surface area contributed by atoms with Crippen LogP contribution in [0.3, 0.4) is 0 Å². The van der Waals surface area contributed by atoms with Crippen molar-refractivity contribution in [3.63, 3.8) is 0 Å². The van der Waals surface area contributed by atoms with Gasteiger partial charge in [-0.05, 0) is 38.3 Å². The third kappa shape index (κ3) is 5.03. The number of hydrogen-bond donors (Lipinski definition) is 0. The Hall–Kier alpha value is -1.44. The van der Waals surface area contributed by atoms with E-state index >= 15 is 0 Å². The standard InChI is InChI=1S/C16H22F3NO3S/c1-11(2)7-8-24(22,23)15(3,4)14(21)9-13-6-5-12(10-20-13)16(17,18)19/h5-6,10-11H,7-9H2,1-4H3. The highest BCUT2D eigenvalue weighted by atomic mass is 32.2. The fraction of sp³-hybridized carbons (Fsp3) is 0.625. The first-order valence-electron chi connectivity index (χ1n) is 7.55. The molecule has 0 saturated carbocycles. The van der Waals surface area contributed by atoms with E-state index in [-0.39, 0.29) is 23.8 Å². The number of hydrogen-bond acceptors (Lipinski definition) is 4. The summed E-state index contributed by atoms with van der Waals surface area (Å²) in [6.07, 6.45) is -3.75. The van der Waals surface area contributed by atoms with Crippen LogP contribution < -0.4 is 0 Å². The Morgan fingerprint density at radius 2 is 1.79 bits per heavy atom. The van der Waals surface area contributed by atoms with E-state index < -0.39 is 32.1 Å². The fourth-order valence-electron chi connectivity index (χ4n) is 1.89. The third-order valence-electron chi connectivity index (χ3n) is 3.91. The molecule has 0 aromatic carbocycles. The summed E-state index contributed by atoms with van der Waals surface area (Å²) in [6, 6.07) is 1.92. The Morgan fingerprint density at radius 1 is 1.21 bits per heavy atom. The van der Waals surface area contributed by atoms with E-state index in [1.54, 1.807) is 0 Å². The highest BCUT2D eigenvalue weighted by Gasteiger charge is 2.40. The van der Waals surface area contributed by atoms with Crippen LogP contribution >= 0.6 is 0 Å². The Kier molecular flexibility index (Phi) is 6.19. The van der Waals surface area contributed by atoms with E-state index in [9.17, 15) is 26.4 Å². The first-order chi connectivity index (χ1) is 10.8. The summed E-state index contributed by atoms with van der Waals surface area (Å²) in [5.74, 6) is -0.509. The minimum Gasteiger partial charge on any atom is -0.298 e. The van der Waals surface area contributed by atoms with E-state index in [1.165, 1.54) is 13.8 Å². The number of rotatable bonds is 7. The van der Waals surface area contributed by atoms with Crippen LogP contribution in [0, 0.1) is 5.92 Å². The first kappa shape index (κ1) is 20.6. The Balaban J connectivity index is 2.89. The number of halogens is 3. The van der Waals surface area contributed by atoms with E-state index in [0.717, 1.165) is 12.1 Å². The molecule has 0 unspecified atom stereocenters. The van der Waals surface area contributed by atoms with Crippen molar-refractivity contribution < 1.29 is 26.4 Å². The molecule has 136 valence electrons. The molecule has 1 rings (SSSR count). The lowest BCUT2D eigenvalue weighted by atomic mass is 10.0. The fourth-order valence-corrected chi connectivity index (χ4v) is 3.60. The van der Waals surface area contributed by atoms with E-state index in [1.807, 2.05) is 13.8 Å². The lowest BCUT2D eigenvalue weighted by Crippen LogP contribution is -2.43. The third-order valence-corrected chi connectivity index (χ3v) is 6.46. The zero-order valence-corrected chi connectivity index (χ0v) is 15.0. The molecule has 0 aliphatic heterocycles. The normalized spacial score (nSPS) is 13.3. The Bertz CT molecular complexity index is 678. The maximum absolute atomic E-state index is 12.5. The van der Waals surface area contributed by atoms with Gasteiger partial charge >= 0.3 is 6.18 Å². The summed E-state index contributed by atoms with van der Waals surface area (Å²) in [5, 5.41) is 0. The maximum atomic E-state index is 12.5. The topological polar surface area (TPSA) is 64.1 Å². The predicted octanol–water partition coefficient (Wildman–Crippen LogP) is 3.45. The van der Waals surface area contributed by atoms with Gasteiger partial charge in [-0.1, -0.05) is 13.8 Å². The molecule has 0 bridgehead atoms. The average molecular weight is 365 g/mol. The molecule has 1 aromatic rings. The molecular formula is C16H22F3NO3S. The summed E-state index contributed by atoms with van der Waals surface area (Å²) in [5.41, 5.74) is -0.803. The molecule has 0 aliphatic carbocycles. The van der Waals surface area contributed by atoms with Crippen LogP contribution in [0.5, 0.6) is 0 Å². The number of sulfone groups is 1. The minimum atomic E-state index is -4.50.